The van der Waals surface area contributed by atoms with Crippen molar-refractivity contribution in [3.8, 4) is 11.1 Å². The van der Waals surface area contributed by atoms with Crippen molar-refractivity contribution in [3.05, 3.63) is 125 Å². The molecule has 0 bridgehead atoms. The fraction of sp³-hybridized carbons (Fsp3) is 0.294. The van der Waals surface area contributed by atoms with Crippen LogP contribution in [0, 0.1) is 6.07 Å². The topological polar surface area (TPSA) is 0 Å². The Kier molecular flexibility index (Phi) is 13.6. The van der Waals surface area contributed by atoms with Crippen LogP contribution in [0.3, 0.4) is 0 Å². The molecule has 0 atom stereocenters. The average Bonchev–Trinajstić information content (AvgIpc) is 3.50. The molecule has 0 N–H and O–H groups in total. The summed E-state index contributed by atoms with van der Waals surface area (Å²) >= 11 is 1.51. The molecule has 0 radical (unpaired) electrons. The van der Waals surface area contributed by atoms with Crippen LogP contribution in [0.4, 0.5) is 0 Å². The summed E-state index contributed by atoms with van der Waals surface area (Å²) in [5.41, 5.74) is 10.2. The summed E-state index contributed by atoms with van der Waals surface area (Å²) in [6.45, 7) is 13.6. The first-order valence-electron chi connectivity index (χ1n) is 12.5. The van der Waals surface area contributed by atoms with Crippen molar-refractivity contribution in [2.75, 3.05) is 0 Å². The molecule has 0 saturated heterocycles. The molecular formula is C34H38Cl2Zr-2. The summed E-state index contributed by atoms with van der Waals surface area (Å²) in [5.74, 6) is 0. The molecule has 5 rings (SSSR count). The third-order valence-corrected chi connectivity index (χ3v) is 6.76. The number of hydrogen-bond donors (Lipinski definition) is 0. The van der Waals surface area contributed by atoms with Crippen molar-refractivity contribution in [1.82, 2.24) is 0 Å². The minimum Gasteiger partial charge on any atom is -0.214 e. The maximum atomic E-state index is 3.53. The summed E-state index contributed by atoms with van der Waals surface area (Å²) in [7, 11) is 0. The van der Waals surface area contributed by atoms with Crippen molar-refractivity contribution in [3.63, 3.8) is 0 Å². The second-order valence-corrected chi connectivity index (χ2v) is 12.2. The first-order valence-corrected chi connectivity index (χ1v) is 13.9. The Balaban J connectivity index is 0.000000354. The van der Waals surface area contributed by atoms with Crippen LogP contribution >= 0.6 is 0 Å². The molecule has 4 aromatic carbocycles. The van der Waals surface area contributed by atoms with E-state index in [0.29, 0.717) is 0 Å². The molecule has 0 aliphatic heterocycles. The Morgan fingerprint density at radius 2 is 1.38 bits per heavy atom. The normalized spacial score (nSPS) is 11.2. The zero-order valence-corrected chi connectivity index (χ0v) is 26.9. The van der Waals surface area contributed by atoms with Gasteiger partial charge in [-0.1, -0.05) is 76.3 Å². The summed E-state index contributed by atoms with van der Waals surface area (Å²) in [6.07, 6.45) is 2.15. The molecule has 0 amide bonds. The van der Waals surface area contributed by atoms with Crippen molar-refractivity contribution in [1.29, 1.82) is 0 Å². The van der Waals surface area contributed by atoms with Gasteiger partial charge in [-0.05, 0) is 17.4 Å². The van der Waals surface area contributed by atoms with Crippen LogP contribution in [-0.2, 0) is 47.9 Å². The molecular weight excluding hydrogens is 571 g/mol. The van der Waals surface area contributed by atoms with E-state index in [1.807, 2.05) is 36.4 Å². The first-order chi connectivity index (χ1) is 16.6. The third-order valence-electron chi connectivity index (χ3n) is 6.26. The van der Waals surface area contributed by atoms with E-state index in [4.69, 9.17) is 0 Å². The van der Waals surface area contributed by atoms with Crippen LogP contribution in [0.2, 0.25) is 0 Å². The Bertz CT molecular complexity index is 1130. The maximum absolute atomic E-state index is 3.53. The summed E-state index contributed by atoms with van der Waals surface area (Å²) in [6, 6.07) is 35.6. The van der Waals surface area contributed by atoms with Crippen LogP contribution in [0.25, 0.3) is 11.1 Å². The third kappa shape index (κ3) is 9.87. The summed E-state index contributed by atoms with van der Waals surface area (Å²) in [5, 5.41) is 0. The summed E-state index contributed by atoms with van der Waals surface area (Å²) in [4.78, 5) is 0. The average molecular weight is 609 g/mol. The van der Waals surface area contributed by atoms with Crippen molar-refractivity contribution in [2.45, 2.75) is 65.2 Å². The monoisotopic (exact) mass is 606 g/mol. The van der Waals surface area contributed by atoms with Crippen molar-refractivity contribution < 1.29 is 49.0 Å². The van der Waals surface area contributed by atoms with Crippen LogP contribution in [-0.4, -0.2) is 3.71 Å². The number of rotatable bonds is 2. The van der Waals surface area contributed by atoms with Gasteiger partial charge in [-0.15, -0.1) is 5.56 Å². The van der Waals surface area contributed by atoms with E-state index >= 15 is 0 Å². The van der Waals surface area contributed by atoms with E-state index in [-0.39, 0.29) is 35.6 Å². The predicted molar refractivity (Wildman–Crippen MR) is 149 cm³/mol. The minimum absolute atomic E-state index is 0. The number of benzene rings is 3. The van der Waals surface area contributed by atoms with Crippen LogP contribution in [0.5, 0.6) is 0 Å². The van der Waals surface area contributed by atoms with Gasteiger partial charge in [-0.3, -0.25) is 0 Å². The molecule has 0 saturated carbocycles. The Morgan fingerprint density at radius 3 is 1.89 bits per heavy atom. The van der Waals surface area contributed by atoms with Gasteiger partial charge in [0.1, 0.15) is 0 Å². The van der Waals surface area contributed by atoms with Gasteiger partial charge in [-0.2, -0.15) is 47.5 Å². The molecule has 1 aliphatic carbocycles. The van der Waals surface area contributed by atoms with E-state index < -0.39 is 0 Å². The zero-order valence-electron chi connectivity index (χ0n) is 22.9. The van der Waals surface area contributed by atoms with E-state index in [9.17, 15) is 0 Å². The standard InChI is InChI=1S/C21H25.C8H8.C5H5.2ClH.Zr/c1-20(2,3)16-9-7-14-11-15-8-10-17(21(4,5)6)13-19(15)18(14)12-16;1-2-8-6-4-3-5-7-8;1-2-4-5-3-1;;;/h7,9-10,12-13H,11H2,1-6H3;1,3-7H,2H2;1-5H;2*1H;/q-1;;-1;;;+2/p-2. The molecule has 37 heavy (non-hydrogen) atoms. The maximum Gasteiger partial charge on any atom is -0.172 e. The van der Waals surface area contributed by atoms with Crippen molar-refractivity contribution >= 4 is 3.71 Å². The smallest absolute Gasteiger partial charge is 0.172 e. The van der Waals surface area contributed by atoms with Gasteiger partial charge in [0, 0.05) is 0 Å². The minimum atomic E-state index is 0. The molecule has 0 unspecified atom stereocenters. The summed E-state index contributed by atoms with van der Waals surface area (Å²) < 4.78 is 2.25. The van der Waals surface area contributed by atoms with E-state index in [0.717, 1.165) is 12.8 Å². The largest absolute Gasteiger partial charge is 0.214 e. The SMILES string of the molecule is CC(C)(C)c1c[c-]c2c(c1)-c1cc(C(C)(C)C)ccc1C2.[Cl-].[Cl-].[Zr+2]=[CH]Cc1ccccc1.c1cc[cH-]c1. The Morgan fingerprint density at radius 1 is 0.784 bits per heavy atom. The van der Waals surface area contributed by atoms with Crippen LogP contribution in [0.15, 0.2) is 91.0 Å². The van der Waals surface area contributed by atoms with Gasteiger partial charge in [0.15, 0.2) is 0 Å². The van der Waals surface area contributed by atoms with Gasteiger partial charge in [0.05, 0.1) is 0 Å². The molecule has 0 aromatic heterocycles. The van der Waals surface area contributed by atoms with Gasteiger partial charge >= 0.3 is 70.3 Å². The second-order valence-electron chi connectivity index (χ2n) is 11.2. The zero-order chi connectivity index (χ0) is 25.5. The predicted octanol–water partition coefficient (Wildman–Crippen LogP) is 2.64. The molecule has 0 fully saturated rings. The molecule has 0 spiro atoms. The fourth-order valence-electron chi connectivity index (χ4n) is 4.04. The molecule has 0 nitrogen and oxygen atoms in total. The van der Waals surface area contributed by atoms with Crippen LogP contribution in [0.1, 0.15) is 69.4 Å². The molecule has 194 valence electrons. The van der Waals surface area contributed by atoms with Gasteiger partial charge in [-0.25, -0.2) is 12.1 Å². The molecule has 4 aromatic rings. The van der Waals surface area contributed by atoms with Crippen LogP contribution < -0.4 is 24.8 Å². The Labute approximate surface area is 252 Å². The van der Waals surface area contributed by atoms with Gasteiger partial charge < -0.3 is 24.8 Å². The second kappa shape index (κ2) is 15.1. The molecule has 1 aliphatic rings. The van der Waals surface area contributed by atoms with E-state index in [1.165, 1.54) is 63.2 Å². The number of fused-ring (bicyclic) bond motifs is 3. The van der Waals surface area contributed by atoms with Gasteiger partial charge in [0.25, 0.3) is 0 Å². The molecule has 3 heteroatoms. The van der Waals surface area contributed by atoms with Crippen molar-refractivity contribution in [2.24, 2.45) is 0 Å². The van der Waals surface area contributed by atoms with Gasteiger partial charge in [0.2, 0.25) is 0 Å². The fourth-order valence-corrected chi connectivity index (χ4v) is 4.62. The number of hydrogen-bond acceptors (Lipinski definition) is 0. The Hall–Kier alpha value is -1.66. The van der Waals surface area contributed by atoms with E-state index in [2.05, 4.69) is 106 Å². The van der Waals surface area contributed by atoms with E-state index in [1.54, 1.807) is 0 Å². The number of halogens is 2. The first kappa shape index (κ1) is 33.4. The molecule has 0 heterocycles. The quantitative estimate of drug-likeness (QED) is 0.271.